The third-order valence-corrected chi connectivity index (χ3v) is 5.14. The van der Waals surface area contributed by atoms with Gasteiger partial charge >= 0.3 is 12.5 Å². The van der Waals surface area contributed by atoms with Gasteiger partial charge in [-0.25, -0.2) is 4.98 Å². The van der Waals surface area contributed by atoms with Crippen molar-refractivity contribution in [3.8, 4) is 0 Å². The van der Waals surface area contributed by atoms with Gasteiger partial charge in [-0.2, -0.15) is 23.1 Å². The van der Waals surface area contributed by atoms with Crippen molar-refractivity contribution in [2.24, 2.45) is 0 Å². The Kier molecular flexibility index (Phi) is 6.23. The molecule has 0 spiro atoms. The summed E-state index contributed by atoms with van der Waals surface area (Å²) in [5, 5.41) is 3.34. The highest BCUT2D eigenvalue weighted by molar-refractivity contribution is 5.87. The summed E-state index contributed by atoms with van der Waals surface area (Å²) in [6.07, 6.45) is -5.77. The molecule has 1 N–H and O–H groups in total. The molecule has 1 fully saturated rings. The van der Waals surface area contributed by atoms with Gasteiger partial charge in [0, 0.05) is 31.0 Å². The summed E-state index contributed by atoms with van der Waals surface area (Å²) < 4.78 is 81.3. The number of alkyl halides is 6. The van der Waals surface area contributed by atoms with Crippen LogP contribution in [0.1, 0.15) is 24.1 Å². The van der Waals surface area contributed by atoms with Gasteiger partial charge < -0.3 is 10.2 Å². The van der Waals surface area contributed by atoms with Crippen LogP contribution in [0.3, 0.4) is 0 Å². The first kappa shape index (κ1) is 23.0. The Labute approximate surface area is 183 Å². The Morgan fingerprint density at radius 3 is 2.55 bits per heavy atom. The van der Waals surface area contributed by atoms with Crippen LogP contribution in [-0.4, -0.2) is 45.5 Å². The Balaban J connectivity index is 1.63. The average molecular weight is 472 g/mol. The smallest absolute Gasteiger partial charge is 0.365 e. The molecule has 0 amide bonds. The van der Waals surface area contributed by atoms with Gasteiger partial charge in [0.2, 0.25) is 5.95 Å². The molecule has 0 bridgehead atoms. The quantitative estimate of drug-likeness (QED) is 0.528. The predicted molar refractivity (Wildman–Crippen MR) is 106 cm³/mol. The van der Waals surface area contributed by atoms with E-state index in [1.54, 1.807) is 17.0 Å². The van der Waals surface area contributed by atoms with E-state index in [9.17, 15) is 26.3 Å². The lowest BCUT2D eigenvalue weighted by molar-refractivity contribution is -0.325. The van der Waals surface area contributed by atoms with E-state index >= 15 is 0 Å². The van der Waals surface area contributed by atoms with Gasteiger partial charge in [-0.05, 0) is 31.0 Å². The summed E-state index contributed by atoms with van der Waals surface area (Å²) in [7, 11) is 0. The Morgan fingerprint density at radius 2 is 1.79 bits per heavy atom. The van der Waals surface area contributed by atoms with Crippen LogP contribution in [0.4, 0.5) is 38.1 Å². The van der Waals surface area contributed by atoms with Gasteiger partial charge in [-0.3, -0.25) is 9.72 Å². The van der Waals surface area contributed by atoms with E-state index in [0.29, 0.717) is 24.8 Å². The van der Waals surface area contributed by atoms with Crippen molar-refractivity contribution in [2.75, 3.05) is 23.4 Å². The number of aromatic nitrogens is 4. The standard InChI is InChI=1S/C20H18F6N6O/c21-19(22,23)15-12(4-1-7-27-15)10-29-17-14-6-2-8-28-16(14)30-18(31-17)32-9-3-5-13(32)11-33-20(24,25)26/h1-2,4,6-8,13H,3,5,9-11H2,(H,28,29,30,31). The van der Waals surface area contributed by atoms with Gasteiger partial charge in [-0.15, -0.1) is 13.2 Å². The zero-order valence-corrected chi connectivity index (χ0v) is 17.0. The predicted octanol–water partition coefficient (Wildman–Crippen LogP) is 4.56. The molecule has 0 aromatic carbocycles. The van der Waals surface area contributed by atoms with Crippen LogP contribution in [0.5, 0.6) is 0 Å². The number of hydrogen-bond donors (Lipinski definition) is 1. The number of anilines is 2. The number of nitrogens with one attached hydrogen (secondary N) is 1. The lowest BCUT2D eigenvalue weighted by Crippen LogP contribution is -2.36. The molecule has 33 heavy (non-hydrogen) atoms. The van der Waals surface area contributed by atoms with Crippen molar-refractivity contribution in [3.63, 3.8) is 0 Å². The third-order valence-electron chi connectivity index (χ3n) is 5.14. The largest absolute Gasteiger partial charge is 0.522 e. The SMILES string of the molecule is FC(F)(F)OCC1CCCN1c1nc(NCc2cccnc2C(F)(F)F)c2cccnc2n1. The summed E-state index contributed by atoms with van der Waals surface area (Å²) in [5.74, 6) is 0.335. The fourth-order valence-electron chi connectivity index (χ4n) is 3.69. The molecule has 7 nitrogen and oxygen atoms in total. The summed E-state index contributed by atoms with van der Waals surface area (Å²) in [6.45, 7) is -0.408. The van der Waals surface area contributed by atoms with Crippen LogP contribution in [0, 0.1) is 0 Å². The van der Waals surface area contributed by atoms with E-state index in [4.69, 9.17) is 0 Å². The zero-order valence-electron chi connectivity index (χ0n) is 17.0. The van der Waals surface area contributed by atoms with Crippen molar-refractivity contribution >= 4 is 22.8 Å². The lowest BCUT2D eigenvalue weighted by Gasteiger charge is -2.25. The van der Waals surface area contributed by atoms with Gasteiger partial charge in [0.25, 0.3) is 0 Å². The Morgan fingerprint density at radius 1 is 1.03 bits per heavy atom. The van der Waals surface area contributed by atoms with E-state index in [0.717, 1.165) is 6.20 Å². The summed E-state index contributed by atoms with van der Waals surface area (Å²) in [4.78, 5) is 18.0. The van der Waals surface area contributed by atoms with E-state index in [1.807, 2.05) is 0 Å². The molecule has 1 atom stereocenters. The summed E-state index contributed by atoms with van der Waals surface area (Å²) >= 11 is 0. The van der Waals surface area contributed by atoms with Crippen molar-refractivity contribution in [1.29, 1.82) is 0 Å². The number of ether oxygens (including phenoxy) is 1. The molecular weight excluding hydrogens is 454 g/mol. The van der Waals surface area contributed by atoms with Crippen LogP contribution in [0.2, 0.25) is 0 Å². The molecule has 176 valence electrons. The number of pyridine rings is 2. The van der Waals surface area contributed by atoms with E-state index in [1.165, 1.54) is 18.3 Å². The molecule has 3 aromatic rings. The summed E-state index contributed by atoms with van der Waals surface area (Å²) in [5.41, 5.74) is -0.840. The number of halogens is 6. The molecule has 1 unspecified atom stereocenters. The second-order valence-electron chi connectivity index (χ2n) is 7.36. The highest BCUT2D eigenvalue weighted by Gasteiger charge is 2.36. The highest BCUT2D eigenvalue weighted by Crippen LogP contribution is 2.32. The molecule has 0 radical (unpaired) electrons. The number of nitrogens with zero attached hydrogens (tertiary/aromatic N) is 5. The van der Waals surface area contributed by atoms with Gasteiger partial charge in [0.05, 0.1) is 18.0 Å². The minimum Gasteiger partial charge on any atom is -0.365 e. The maximum absolute atomic E-state index is 13.3. The first-order valence-corrected chi connectivity index (χ1v) is 9.97. The molecule has 1 aliphatic heterocycles. The van der Waals surface area contributed by atoms with Crippen LogP contribution in [-0.2, 0) is 17.5 Å². The van der Waals surface area contributed by atoms with E-state index in [2.05, 4.69) is 30.0 Å². The molecule has 4 heterocycles. The topological polar surface area (TPSA) is 76.1 Å². The summed E-state index contributed by atoms with van der Waals surface area (Å²) in [6, 6.07) is 5.37. The van der Waals surface area contributed by atoms with E-state index in [-0.39, 0.29) is 29.5 Å². The van der Waals surface area contributed by atoms with Gasteiger partial charge in [-0.1, -0.05) is 6.07 Å². The monoisotopic (exact) mass is 472 g/mol. The second-order valence-corrected chi connectivity index (χ2v) is 7.36. The van der Waals surface area contributed by atoms with Crippen molar-refractivity contribution in [3.05, 3.63) is 47.9 Å². The second kappa shape index (κ2) is 8.96. The Bertz CT molecular complexity index is 1120. The molecule has 3 aromatic heterocycles. The highest BCUT2D eigenvalue weighted by atomic mass is 19.4. The third kappa shape index (κ3) is 5.41. The van der Waals surface area contributed by atoms with Crippen molar-refractivity contribution < 1.29 is 31.1 Å². The van der Waals surface area contributed by atoms with Gasteiger partial charge in [0.1, 0.15) is 11.5 Å². The number of rotatable bonds is 6. The van der Waals surface area contributed by atoms with Gasteiger partial charge in [0.15, 0.2) is 5.65 Å². The minimum atomic E-state index is -4.76. The Hall–Kier alpha value is -3.22. The molecule has 0 aliphatic carbocycles. The number of hydrogen-bond acceptors (Lipinski definition) is 7. The van der Waals surface area contributed by atoms with Crippen molar-refractivity contribution in [1.82, 2.24) is 19.9 Å². The zero-order chi connectivity index (χ0) is 23.6. The van der Waals surface area contributed by atoms with Crippen LogP contribution >= 0.6 is 0 Å². The lowest BCUT2D eigenvalue weighted by atomic mass is 10.2. The number of fused-ring (bicyclic) bond motifs is 1. The maximum atomic E-state index is 13.3. The van der Waals surface area contributed by atoms with Crippen LogP contribution < -0.4 is 10.2 Å². The van der Waals surface area contributed by atoms with Crippen LogP contribution in [0.15, 0.2) is 36.7 Å². The molecular formula is C20H18F6N6O. The average Bonchev–Trinajstić information content (AvgIpc) is 3.24. The van der Waals surface area contributed by atoms with Crippen LogP contribution in [0.25, 0.3) is 11.0 Å². The normalized spacial score (nSPS) is 17.0. The fraction of sp³-hybridized carbons (Fsp3) is 0.400. The molecule has 1 aliphatic rings. The first-order valence-electron chi connectivity index (χ1n) is 9.97. The molecule has 13 heteroatoms. The van der Waals surface area contributed by atoms with Crippen molar-refractivity contribution in [2.45, 2.75) is 38.0 Å². The minimum absolute atomic E-state index is 0.0835. The molecule has 1 saturated heterocycles. The maximum Gasteiger partial charge on any atom is 0.522 e. The fourth-order valence-corrected chi connectivity index (χ4v) is 3.69. The molecule has 0 saturated carbocycles. The molecule has 4 rings (SSSR count). The van der Waals surface area contributed by atoms with E-state index < -0.39 is 30.9 Å². The first-order chi connectivity index (χ1) is 15.6.